The third-order valence-corrected chi connectivity index (χ3v) is 4.20. The van der Waals surface area contributed by atoms with Crippen LogP contribution in [0, 0.1) is 12.2 Å². The maximum absolute atomic E-state index is 5.77. The Morgan fingerprint density at radius 1 is 0.593 bits per heavy atom. The molecule has 0 saturated carbocycles. The molecule has 0 aliphatic heterocycles. The zero-order chi connectivity index (χ0) is 16.8. The number of hydrogen-bond acceptors (Lipinski definition) is 0. The van der Waals surface area contributed by atoms with E-state index < -0.39 is 0 Å². The van der Waals surface area contributed by atoms with Crippen LogP contribution in [-0.4, -0.2) is 0 Å². The topological polar surface area (TPSA) is 0 Å². The van der Waals surface area contributed by atoms with Crippen LogP contribution in [0.2, 0.25) is 10.0 Å². The van der Waals surface area contributed by atoms with Crippen LogP contribution in [0.1, 0.15) is 24.0 Å². The van der Waals surface area contributed by atoms with Crippen molar-refractivity contribution in [2.75, 3.05) is 0 Å². The maximum Gasteiger partial charge on any atom is 2.00 e. The number of allylic oxidation sites excluding steroid dienone is 8. The van der Waals surface area contributed by atoms with Crippen LogP contribution in [0.4, 0.5) is 0 Å². The average Bonchev–Trinajstić information content (AvgIpc) is 3.31. The summed E-state index contributed by atoms with van der Waals surface area (Å²) in [7, 11) is 0. The van der Waals surface area contributed by atoms with Crippen molar-refractivity contribution < 1.29 is 26.2 Å². The Labute approximate surface area is 203 Å². The van der Waals surface area contributed by atoms with Gasteiger partial charge in [-0.3, -0.25) is 0 Å². The van der Waals surface area contributed by atoms with Crippen molar-refractivity contribution in [3.8, 4) is 0 Å². The SMILES string of the molecule is Cl.Cl.Clc1ccc(C2=[C-]CC=C2)cc1.Clc1ccc(C2=[C-]CC=C2)cc1.[Zr+2]. The Morgan fingerprint density at radius 3 is 1.19 bits per heavy atom. The van der Waals surface area contributed by atoms with Gasteiger partial charge in [-0.2, -0.15) is 35.5 Å². The molecule has 2 aromatic carbocycles. The largest absolute Gasteiger partial charge is 2.00 e. The van der Waals surface area contributed by atoms with E-state index in [4.69, 9.17) is 23.2 Å². The van der Waals surface area contributed by atoms with Crippen molar-refractivity contribution >= 4 is 59.2 Å². The van der Waals surface area contributed by atoms with Gasteiger partial charge in [0.1, 0.15) is 0 Å². The minimum absolute atomic E-state index is 0. The summed E-state index contributed by atoms with van der Waals surface area (Å²) < 4.78 is 0. The van der Waals surface area contributed by atoms with Crippen molar-refractivity contribution in [2.45, 2.75) is 12.8 Å². The maximum atomic E-state index is 5.77. The predicted octanol–water partition coefficient (Wildman–Crippen LogP) is 7.81. The van der Waals surface area contributed by atoms with Gasteiger partial charge in [0, 0.05) is 10.0 Å². The summed E-state index contributed by atoms with van der Waals surface area (Å²) in [6.45, 7) is 0. The molecular weight excluding hydrogens is 497 g/mol. The standard InChI is InChI=1S/2C11H8Cl.2ClH.Zr/c2*12-11-7-5-10(6-8-11)9-3-1-2-4-9;;;/h2*1,3,5-8H,2H2;2*1H;/q2*-1;;;+2. The van der Waals surface area contributed by atoms with Gasteiger partial charge in [-0.05, 0) is 0 Å². The number of hydrogen-bond donors (Lipinski definition) is 0. The van der Waals surface area contributed by atoms with Crippen molar-refractivity contribution in [2.24, 2.45) is 0 Å². The molecule has 2 aromatic rings. The molecule has 0 N–H and O–H groups in total. The number of rotatable bonds is 2. The van der Waals surface area contributed by atoms with Crippen LogP contribution in [0.5, 0.6) is 0 Å². The molecule has 0 radical (unpaired) electrons. The molecule has 0 saturated heterocycles. The molecule has 0 nitrogen and oxygen atoms in total. The van der Waals surface area contributed by atoms with Crippen molar-refractivity contribution in [3.05, 3.63) is 106 Å². The third-order valence-electron chi connectivity index (χ3n) is 3.70. The van der Waals surface area contributed by atoms with E-state index in [1.807, 2.05) is 48.5 Å². The molecule has 0 bridgehead atoms. The molecule has 0 amide bonds. The summed E-state index contributed by atoms with van der Waals surface area (Å²) in [4.78, 5) is 0. The van der Waals surface area contributed by atoms with Crippen molar-refractivity contribution in [3.63, 3.8) is 0 Å². The zero-order valence-corrected chi connectivity index (χ0v) is 20.0. The first-order valence-corrected chi connectivity index (χ1v) is 8.54. The first kappa shape index (κ1) is 26.4. The van der Waals surface area contributed by atoms with Gasteiger partial charge in [-0.15, -0.1) is 72.4 Å². The van der Waals surface area contributed by atoms with Gasteiger partial charge in [0.25, 0.3) is 0 Å². The van der Waals surface area contributed by atoms with E-state index in [0.29, 0.717) is 0 Å². The van der Waals surface area contributed by atoms with Crippen molar-refractivity contribution in [1.82, 2.24) is 0 Å². The Morgan fingerprint density at radius 2 is 0.926 bits per heavy atom. The molecule has 0 aromatic heterocycles. The Balaban J connectivity index is 0.000000451. The predicted molar refractivity (Wildman–Crippen MR) is 118 cm³/mol. The summed E-state index contributed by atoms with van der Waals surface area (Å²) >= 11 is 11.5. The van der Waals surface area contributed by atoms with E-state index in [1.54, 1.807) is 0 Å². The molecule has 4 rings (SSSR count). The molecule has 0 fully saturated rings. The van der Waals surface area contributed by atoms with Gasteiger partial charge in [0.15, 0.2) is 0 Å². The molecule has 138 valence electrons. The minimum atomic E-state index is 0. The van der Waals surface area contributed by atoms with Gasteiger partial charge in [-0.25, -0.2) is 0 Å². The van der Waals surface area contributed by atoms with Gasteiger partial charge in [0.05, 0.1) is 0 Å². The normalized spacial score (nSPS) is 13.3. The van der Waals surface area contributed by atoms with Crippen LogP contribution in [0.3, 0.4) is 0 Å². The van der Waals surface area contributed by atoms with Crippen LogP contribution in [-0.2, 0) is 26.2 Å². The van der Waals surface area contributed by atoms with E-state index in [-0.39, 0.29) is 51.0 Å². The first-order chi connectivity index (χ1) is 11.7. The van der Waals surface area contributed by atoms with E-state index in [9.17, 15) is 0 Å². The Kier molecular flexibility index (Phi) is 13.3. The first-order valence-electron chi connectivity index (χ1n) is 7.79. The number of halogens is 4. The quantitative estimate of drug-likeness (QED) is 0.358. The van der Waals surface area contributed by atoms with Gasteiger partial charge >= 0.3 is 26.2 Å². The van der Waals surface area contributed by atoms with Crippen LogP contribution in [0.25, 0.3) is 11.1 Å². The smallest absolute Gasteiger partial charge is 0.197 e. The molecule has 5 heteroatoms. The molecule has 0 spiro atoms. The molecule has 2 aliphatic carbocycles. The molecule has 27 heavy (non-hydrogen) atoms. The van der Waals surface area contributed by atoms with Crippen LogP contribution >= 0.6 is 48.0 Å². The Bertz CT molecular complexity index is 745. The zero-order valence-electron chi connectivity index (χ0n) is 14.4. The average molecular weight is 515 g/mol. The van der Waals surface area contributed by atoms with Crippen molar-refractivity contribution in [1.29, 1.82) is 0 Å². The molecule has 0 atom stereocenters. The fourth-order valence-electron chi connectivity index (χ4n) is 2.46. The van der Waals surface area contributed by atoms with E-state index in [1.165, 1.54) is 22.3 Å². The monoisotopic (exact) mass is 512 g/mol. The van der Waals surface area contributed by atoms with Crippen LogP contribution < -0.4 is 0 Å². The molecule has 0 heterocycles. The fourth-order valence-corrected chi connectivity index (χ4v) is 2.72. The second kappa shape index (κ2) is 13.6. The molecule has 2 aliphatic rings. The van der Waals surface area contributed by atoms with Gasteiger partial charge < -0.3 is 0 Å². The summed E-state index contributed by atoms with van der Waals surface area (Å²) in [6.07, 6.45) is 16.7. The molecular formula is C22H18Cl4Zr. The molecule has 0 unspecified atom stereocenters. The van der Waals surface area contributed by atoms with Gasteiger partial charge in [0.2, 0.25) is 0 Å². The summed E-state index contributed by atoms with van der Waals surface area (Å²) in [5.41, 5.74) is 4.72. The second-order valence-corrected chi connectivity index (χ2v) is 6.28. The third kappa shape index (κ3) is 8.14. The van der Waals surface area contributed by atoms with E-state index in [0.717, 1.165) is 22.9 Å². The summed E-state index contributed by atoms with van der Waals surface area (Å²) in [6, 6.07) is 15.7. The van der Waals surface area contributed by atoms with E-state index in [2.05, 4.69) is 36.5 Å². The second-order valence-electron chi connectivity index (χ2n) is 5.41. The van der Waals surface area contributed by atoms with Crippen LogP contribution in [0.15, 0.2) is 72.8 Å². The van der Waals surface area contributed by atoms with Gasteiger partial charge in [-0.1, -0.05) is 60.3 Å². The summed E-state index contributed by atoms with van der Waals surface area (Å²) in [5.74, 6) is 0. The number of benzene rings is 2. The van der Waals surface area contributed by atoms with E-state index >= 15 is 0 Å². The Hall–Kier alpha value is -0.557. The minimum Gasteiger partial charge on any atom is -0.197 e. The fraction of sp³-hybridized carbons (Fsp3) is 0.0909. The summed E-state index contributed by atoms with van der Waals surface area (Å²) in [5, 5.41) is 1.56.